The largest absolute Gasteiger partial charge is 0.480 e. The number of Topliss-reactive ketones (excluding diaryl/α,β-unsaturated/α-hetero) is 1. The molecule has 17 nitrogen and oxygen atoms in total. The molecule has 0 unspecified atom stereocenters. The zero-order valence-electron chi connectivity index (χ0n) is 42.3. The summed E-state index contributed by atoms with van der Waals surface area (Å²) in [5.74, 6) is -9.74. The molecule has 0 fully saturated rings. The first-order valence-electron chi connectivity index (χ1n) is 25.0. The SMILES string of the molecule is CC(=O)O[C@H]1C(=O)Nc2ccc(cc2)C[C@H](C(=O)N[C@@H](Cc2ccccc2)C(=O)O)CC(=O)[C@@H](CCc2ccccc2)NC(=O)[C@H](Cc2ccc(-c3ccccc3)cc2)NC(=O)[C@@H](Cc2cccs2)NC(=O)[C@@H]1OC(C)=O. The van der Waals surface area contributed by atoms with Crippen molar-refractivity contribution in [3.8, 4) is 11.1 Å². The minimum Gasteiger partial charge on any atom is -0.480 e. The zero-order chi connectivity index (χ0) is 54.8. The van der Waals surface area contributed by atoms with E-state index in [0.717, 1.165) is 30.5 Å². The van der Waals surface area contributed by atoms with E-state index in [-0.39, 0.29) is 37.8 Å². The first-order valence-corrected chi connectivity index (χ1v) is 25.9. The number of thiophene rings is 1. The quantitative estimate of drug-likeness (QED) is 0.0533. The molecule has 1 aromatic heterocycles. The van der Waals surface area contributed by atoms with Gasteiger partial charge in [-0.05, 0) is 76.2 Å². The summed E-state index contributed by atoms with van der Waals surface area (Å²) in [7, 11) is 0. The molecule has 398 valence electrons. The molecule has 2 aliphatic rings. The van der Waals surface area contributed by atoms with E-state index in [1.807, 2.05) is 72.8 Å². The third kappa shape index (κ3) is 16.6. The number of carboxylic acid groups (broad SMARTS) is 1. The summed E-state index contributed by atoms with van der Waals surface area (Å²) in [4.78, 5) is 126. The van der Waals surface area contributed by atoms with E-state index in [9.17, 15) is 43.5 Å². The molecule has 8 rings (SSSR count). The Labute approximate surface area is 449 Å². The van der Waals surface area contributed by atoms with Crippen molar-refractivity contribution in [3.63, 3.8) is 0 Å². The van der Waals surface area contributed by atoms with Gasteiger partial charge in [-0.15, -0.1) is 11.3 Å². The summed E-state index contributed by atoms with van der Waals surface area (Å²) in [6.45, 7) is 1.97. The van der Waals surface area contributed by atoms with Crippen LogP contribution in [0.5, 0.6) is 0 Å². The number of rotatable bonds is 15. The van der Waals surface area contributed by atoms with Gasteiger partial charge in [-0.2, -0.15) is 0 Å². The third-order valence-corrected chi connectivity index (χ3v) is 13.7. The number of nitrogens with one attached hydrogen (secondary N) is 5. The number of anilines is 1. The van der Waals surface area contributed by atoms with Gasteiger partial charge in [0.15, 0.2) is 5.78 Å². The molecule has 6 aromatic rings. The van der Waals surface area contributed by atoms with Crippen LogP contribution in [0, 0.1) is 5.92 Å². The van der Waals surface area contributed by atoms with Gasteiger partial charge in [0, 0.05) is 56.0 Å². The van der Waals surface area contributed by atoms with Gasteiger partial charge in [-0.25, -0.2) is 4.79 Å². The summed E-state index contributed by atoms with van der Waals surface area (Å²) < 4.78 is 10.7. The molecule has 0 aliphatic carbocycles. The molecule has 0 radical (unpaired) electrons. The fourth-order valence-electron chi connectivity index (χ4n) is 8.88. The van der Waals surface area contributed by atoms with E-state index >= 15 is 4.79 Å². The Kier molecular flexibility index (Phi) is 19.7. The van der Waals surface area contributed by atoms with Crippen LogP contribution in [-0.2, 0) is 84.7 Å². The predicted molar refractivity (Wildman–Crippen MR) is 287 cm³/mol. The van der Waals surface area contributed by atoms with Crippen molar-refractivity contribution < 1.29 is 57.7 Å². The van der Waals surface area contributed by atoms with Gasteiger partial charge < -0.3 is 41.2 Å². The Morgan fingerprint density at radius 2 is 1.13 bits per heavy atom. The van der Waals surface area contributed by atoms with Crippen LogP contribution in [0.15, 0.2) is 157 Å². The number of hydrogen-bond donors (Lipinski definition) is 6. The highest BCUT2D eigenvalue weighted by Gasteiger charge is 2.42. The maximum absolute atomic E-state index is 15.0. The Morgan fingerprint density at radius 3 is 1.71 bits per heavy atom. The molecular weight excluding hydrogens is 1000 g/mol. The fourth-order valence-corrected chi connectivity index (χ4v) is 9.64. The van der Waals surface area contributed by atoms with Gasteiger partial charge in [0.1, 0.15) is 18.1 Å². The van der Waals surface area contributed by atoms with Crippen LogP contribution < -0.4 is 26.6 Å². The number of carboxylic acids is 1. The molecule has 5 aromatic carbocycles. The van der Waals surface area contributed by atoms with E-state index in [4.69, 9.17) is 9.47 Å². The lowest BCUT2D eigenvalue weighted by Crippen LogP contribution is -2.59. The third-order valence-electron chi connectivity index (χ3n) is 12.8. The molecule has 7 atom stereocenters. The van der Waals surface area contributed by atoms with Gasteiger partial charge in [0.2, 0.25) is 29.9 Å². The molecule has 5 amide bonds. The first kappa shape index (κ1) is 56.0. The number of amides is 5. The maximum atomic E-state index is 15.0. The van der Waals surface area contributed by atoms with Crippen molar-refractivity contribution >= 4 is 70.3 Å². The van der Waals surface area contributed by atoms with Crippen LogP contribution in [0.3, 0.4) is 0 Å². The summed E-state index contributed by atoms with van der Waals surface area (Å²) in [5.41, 5.74) is 4.52. The normalized spacial score (nSPS) is 19.9. The van der Waals surface area contributed by atoms with E-state index < -0.39 is 102 Å². The number of benzene rings is 5. The Balaban J connectivity index is 1.31. The maximum Gasteiger partial charge on any atom is 0.326 e. The highest BCUT2D eigenvalue weighted by Crippen LogP contribution is 2.23. The van der Waals surface area contributed by atoms with Gasteiger partial charge in [0.05, 0.1) is 6.04 Å². The van der Waals surface area contributed by atoms with Crippen LogP contribution in [0.25, 0.3) is 11.1 Å². The predicted octanol–water partition coefficient (Wildman–Crippen LogP) is 5.73. The van der Waals surface area contributed by atoms with Crippen molar-refractivity contribution in [1.82, 2.24) is 21.3 Å². The number of esters is 2. The minimum atomic E-state index is -2.13. The average Bonchev–Trinajstić information content (AvgIpc) is 3.94. The van der Waals surface area contributed by atoms with Crippen molar-refractivity contribution in [2.24, 2.45) is 5.92 Å². The van der Waals surface area contributed by atoms with Crippen LogP contribution in [0.4, 0.5) is 5.69 Å². The number of ether oxygens (including phenoxy) is 2. The number of ketones is 1. The smallest absolute Gasteiger partial charge is 0.326 e. The lowest BCUT2D eigenvalue weighted by atomic mass is 9.89. The summed E-state index contributed by atoms with van der Waals surface area (Å²) in [5, 5.41) is 25.6. The van der Waals surface area contributed by atoms with E-state index in [0.29, 0.717) is 28.0 Å². The summed E-state index contributed by atoms with van der Waals surface area (Å²) >= 11 is 1.27. The second-order valence-electron chi connectivity index (χ2n) is 18.7. The number of aryl methyl sites for hydroxylation is 1. The Bertz CT molecular complexity index is 3010. The molecule has 77 heavy (non-hydrogen) atoms. The number of hydrogen-bond acceptors (Lipinski definition) is 12. The molecule has 18 heteroatoms. The molecule has 2 bridgehead atoms. The molecule has 6 N–H and O–H groups in total. The van der Waals surface area contributed by atoms with Crippen LogP contribution in [0.1, 0.15) is 53.8 Å². The first-order chi connectivity index (χ1) is 37.1. The van der Waals surface area contributed by atoms with E-state index in [1.165, 1.54) is 23.5 Å². The zero-order valence-corrected chi connectivity index (χ0v) is 43.2. The van der Waals surface area contributed by atoms with Gasteiger partial charge >= 0.3 is 17.9 Å². The highest BCUT2D eigenvalue weighted by atomic mass is 32.1. The number of carbonyl (C=O) groups is 9. The number of fused-ring (bicyclic) bond motifs is 18. The second kappa shape index (κ2) is 27.1. The van der Waals surface area contributed by atoms with Crippen LogP contribution in [-0.4, -0.2) is 94.7 Å². The lowest BCUT2D eigenvalue weighted by Gasteiger charge is -2.28. The molecular formula is C59H59N5O12S. The van der Waals surface area contributed by atoms with E-state index in [2.05, 4.69) is 26.6 Å². The van der Waals surface area contributed by atoms with Crippen molar-refractivity contribution in [1.29, 1.82) is 0 Å². The second-order valence-corrected chi connectivity index (χ2v) is 19.7. The Hall–Kier alpha value is -8.77. The molecule has 0 saturated carbocycles. The summed E-state index contributed by atoms with van der Waals surface area (Å²) in [6, 6.07) is 38.8. The van der Waals surface area contributed by atoms with Crippen LogP contribution in [0.2, 0.25) is 0 Å². The van der Waals surface area contributed by atoms with Crippen LogP contribution >= 0.6 is 11.3 Å². The monoisotopic (exact) mass is 1060 g/mol. The van der Waals surface area contributed by atoms with Gasteiger partial charge in [-0.3, -0.25) is 38.4 Å². The average molecular weight is 1060 g/mol. The van der Waals surface area contributed by atoms with Crippen molar-refractivity contribution in [2.75, 3.05) is 5.32 Å². The van der Waals surface area contributed by atoms with Gasteiger partial charge in [0.25, 0.3) is 11.8 Å². The highest BCUT2D eigenvalue weighted by molar-refractivity contribution is 7.09. The van der Waals surface area contributed by atoms with Crippen molar-refractivity contribution in [3.05, 3.63) is 184 Å². The molecule has 0 spiro atoms. The number of aliphatic carboxylic acids is 1. The standard InChI is InChI=1S/C59H59N5O12S/c1-36(65)75-52-53(76-37(2)66)58(72)63-49(35-46-19-12-30-77-46)56(70)62-48(32-41-20-25-43(26-21-41)42-17-10-5-11-18-42)55(69)61-47(29-24-38-13-6-3-7-14-38)51(67)34-44(31-40-22-27-45(28-23-40)60-57(52)71)54(68)64-50(59(73)74)33-39-15-8-4-9-16-39/h3-23,25-28,30,44,47-50,52-53H,24,29,31-35H2,1-2H3,(H,60,71)(H,61,69)(H,62,70)(H,63,72)(H,64,68)(H,73,74)/t44-,47+,48-,49+,50-,52+,53+/m0/s1. The molecule has 2 aliphatic heterocycles. The number of carbonyl (C=O) groups excluding carboxylic acids is 8. The minimum absolute atomic E-state index is 0.0588. The summed E-state index contributed by atoms with van der Waals surface area (Å²) in [6.07, 6.45) is -4.73. The lowest BCUT2D eigenvalue weighted by molar-refractivity contribution is -0.173. The van der Waals surface area contributed by atoms with Gasteiger partial charge in [-0.1, -0.05) is 133 Å². The topological polar surface area (TPSA) is 252 Å². The fraction of sp³-hybridized carbons (Fsp3) is 0.271. The van der Waals surface area contributed by atoms with Crippen molar-refractivity contribution in [2.45, 2.75) is 95.2 Å². The Morgan fingerprint density at radius 1 is 0.584 bits per heavy atom. The molecule has 0 saturated heterocycles. The van der Waals surface area contributed by atoms with E-state index in [1.54, 1.807) is 72.1 Å². The molecule has 3 heterocycles.